The van der Waals surface area contributed by atoms with E-state index in [1.165, 1.54) is 5.56 Å². The van der Waals surface area contributed by atoms with Gasteiger partial charge in [0, 0.05) is 16.6 Å². The fourth-order valence-electron chi connectivity index (χ4n) is 2.06. The van der Waals surface area contributed by atoms with Gasteiger partial charge in [-0.3, -0.25) is 0 Å². The van der Waals surface area contributed by atoms with Gasteiger partial charge in [0.1, 0.15) is 11.6 Å². The summed E-state index contributed by atoms with van der Waals surface area (Å²) in [5.74, 6) is 1.59. The van der Waals surface area contributed by atoms with Crippen molar-refractivity contribution in [2.45, 2.75) is 13.3 Å². The Bertz CT molecular complexity index is 756. The Labute approximate surface area is 122 Å². The molecule has 1 N–H and O–H groups in total. The van der Waals surface area contributed by atoms with Gasteiger partial charge in [-0.1, -0.05) is 18.5 Å². The first-order valence-electron chi connectivity index (χ1n) is 6.53. The van der Waals surface area contributed by atoms with Crippen LogP contribution in [-0.2, 0) is 6.42 Å². The van der Waals surface area contributed by atoms with Gasteiger partial charge in [-0.15, -0.1) is 0 Å². The fraction of sp³-hybridized carbons (Fsp3) is 0.125. The van der Waals surface area contributed by atoms with Crippen LogP contribution in [0.3, 0.4) is 0 Å². The average molecular weight is 284 g/mol. The van der Waals surface area contributed by atoms with Crippen LogP contribution in [0.25, 0.3) is 10.9 Å². The van der Waals surface area contributed by atoms with Crippen LogP contribution in [-0.4, -0.2) is 9.97 Å². The minimum Gasteiger partial charge on any atom is -0.325 e. The third-order valence-corrected chi connectivity index (χ3v) is 3.38. The molecular formula is C16H14ClN3. The zero-order valence-electron chi connectivity index (χ0n) is 11.1. The first-order chi connectivity index (χ1) is 9.74. The SMILES string of the molecule is CCc1ccnc(Nc2ccc3cc(Cl)ccc3n2)c1. The van der Waals surface area contributed by atoms with Crippen molar-refractivity contribution in [1.29, 1.82) is 0 Å². The molecule has 0 bridgehead atoms. The van der Waals surface area contributed by atoms with E-state index in [0.29, 0.717) is 0 Å². The maximum absolute atomic E-state index is 5.97. The molecular weight excluding hydrogens is 270 g/mol. The maximum Gasteiger partial charge on any atom is 0.132 e. The van der Waals surface area contributed by atoms with Crippen molar-refractivity contribution in [2.75, 3.05) is 5.32 Å². The second kappa shape index (κ2) is 5.47. The lowest BCUT2D eigenvalue weighted by molar-refractivity contribution is 1.12. The topological polar surface area (TPSA) is 37.8 Å². The number of halogens is 1. The third kappa shape index (κ3) is 2.73. The highest BCUT2D eigenvalue weighted by atomic mass is 35.5. The highest BCUT2D eigenvalue weighted by molar-refractivity contribution is 6.31. The summed E-state index contributed by atoms with van der Waals surface area (Å²) in [6.07, 6.45) is 2.79. The summed E-state index contributed by atoms with van der Waals surface area (Å²) < 4.78 is 0. The Balaban J connectivity index is 1.92. The quantitative estimate of drug-likeness (QED) is 0.764. The number of nitrogens with zero attached hydrogens (tertiary/aromatic N) is 2. The van der Waals surface area contributed by atoms with Gasteiger partial charge in [-0.05, 0) is 54.4 Å². The average Bonchev–Trinajstić information content (AvgIpc) is 2.47. The number of rotatable bonds is 3. The van der Waals surface area contributed by atoms with E-state index < -0.39 is 0 Å². The largest absolute Gasteiger partial charge is 0.325 e. The predicted molar refractivity (Wildman–Crippen MR) is 83.7 cm³/mol. The molecule has 1 aromatic carbocycles. The highest BCUT2D eigenvalue weighted by Crippen LogP contribution is 2.21. The Hall–Kier alpha value is -2.13. The lowest BCUT2D eigenvalue weighted by Crippen LogP contribution is -1.97. The molecule has 100 valence electrons. The molecule has 0 amide bonds. The smallest absolute Gasteiger partial charge is 0.132 e. The molecule has 3 aromatic rings. The summed E-state index contributed by atoms with van der Waals surface area (Å²) >= 11 is 5.97. The molecule has 2 heterocycles. The number of hydrogen-bond donors (Lipinski definition) is 1. The van der Waals surface area contributed by atoms with E-state index >= 15 is 0 Å². The summed E-state index contributed by atoms with van der Waals surface area (Å²) in [6, 6.07) is 13.6. The monoisotopic (exact) mass is 283 g/mol. The number of anilines is 2. The fourth-order valence-corrected chi connectivity index (χ4v) is 2.24. The number of fused-ring (bicyclic) bond motifs is 1. The normalized spacial score (nSPS) is 10.7. The lowest BCUT2D eigenvalue weighted by atomic mass is 10.2. The van der Waals surface area contributed by atoms with Crippen molar-refractivity contribution in [1.82, 2.24) is 9.97 Å². The van der Waals surface area contributed by atoms with Gasteiger partial charge in [0.05, 0.1) is 5.52 Å². The Kier molecular flexibility index (Phi) is 3.52. The van der Waals surface area contributed by atoms with E-state index in [4.69, 9.17) is 11.6 Å². The van der Waals surface area contributed by atoms with Crippen molar-refractivity contribution in [2.24, 2.45) is 0 Å². The highest BCUT2D eigenvalue weighted by Gasteiger charge is 2.01. The van der Waals surface area contributed by atoms with Crippen molar-refractivity contribution >= 4 is 34.1 Å². The van der Waals surface area contributed by atoms with E-state index in [2.05, 4.69) is 22.2 Å². The molecule has 0 unspecified atom stereocenters. The van der Waals surface area contributed by atoms with Crippen LogP contribution in [0.4, 0.5) is 11.6 Å². The molecule has 0 spiro atoms. The summed E-state index contributed by atoms with van der Waals surface area (Å²) in [5, 5.41) is 4.98. The second-order valence-corrected chi connectivity index (χ2v) is 5.00. The van der Waals surface area contributed by atoms with Gasteiger partial charge in [0.2, 0.25) is 0 Å². The summed E-state index contributed by atoms with van der Waals surface area (Å²) in [7, 11) is 0. The molecule has 3 rings (SSSR count). The van der Waals surface area contributed by atoms with Crippen LogP contribution < -0.4 is 5.32 Å². The number of aromatic nitrogens is 2. The van der Waals surface area contributed by atoms with Crippen LogP contribution >= 0.6 is 11.6 Å². The molecule has 20 heavy (non-hydrogen) atoms. The third-order valence-electron chi connectivity index (χ3n) is 3.14. The minimum absolute atomic E-state index is 0.720. The molecule has 0 atom stereocenters. The molecule has 0 fully saturated rings. The first kappa shape index (κ1) is 12.9. The number of nitrogens with one attached hydrogen (secondary N) is 1. The van der Waals surface area contributed by atoms with Gasteiger partial charge in [-0.2, -0.15) is 0 Å². The predicted octanol–water partition coefficient (Wildman–Crippen LogP) is 4.59. The molecule has 0 saturated heterocycles. The number of hydrogen-bond acceptors (Lipinski definition) is 3. The summed E-state index contributed by atoms with van der Waals surface area (Å²) in [4.78, 5) is 8.86. The van der Waals surface area contributed by atoms with Crippen LogP contribution in [0, 0.1) is 0 Å². The lowest BCUT2D eigenvalue weighted by Gasteiger charge is -2.07. The van der Waals surface area contributed by atoms with Crippen molar-refractivity contribution in [3.05, 3.63) is 59.2 Å². The molecule has 0 aliphatic heterocycles. The summed E-state index contributed by atoms with van der Waals surface area (Å²) in [5.41, 5.74) is 2.15. The maximum atomic E-state index is 5.97. The van der Waals surface area contributed by atoms with Crippen LogP contribution in [0.15, 0.2) is 48.7 Å². The van der Waals surface area contributed by atoms with Crippen LogP contribution in [0.2, 0.25) is 5.02 Å². The van der Waals surface area contributed by atoms with Gasteiger partial charge in [0.25, 0.3) is 0 Å². The standard InChI is InChI=1S/C16H14ClN3/c1-2-11-7-8-18-16(9-11)20-15-6-3-12-10-13(17)4-5-14(12)19-15/h3-10H,2H2,1H3,(H,18,19,20). The van der Waals surface area contributed by atoms with Gasteiger partial charge in [-0.25, -0.2) is 9.97 Å². The minimum atomic E-state index is 0.720. The van der Waals surface area contributed by atoms with Crippen molar-refractivity contribution in [3.8, 4) is 0 Å². The molecule has 0 aliphatic rings. The van der Waals surface area contributed by atoms with Crippen LogP contribution in [0.5, 0.6) is 0 Å². The number of benzene rings is 1. The van der Waals surface area contributed by atoms with E-state index in [0.717, 1.165) is 34.0 Å². The van der Waals surface area contributed by atoms with E-state index in [9.17, 15) is 0 Å². The Morgan fingerprint density at radius 3 is 2.80 bits per heavy atom. The Morgan fingerprint density at radius 1 is 1.05 bits per heavy atom. The zero-order valence-corrected chi connectivity index (χ0v) is 11.9. The first-order valence-corrected chi connectivity index (χ1v) is 6.90. The molecule has 0 radical (unpaired) electrons. The number of pyridine rings is 2. The van der Waals surface area contributed by atoms with Crippen molar-refractivity contribution < 1.29 is 0 Å². The van der Waals surface area contributed by atoms with E-state index in [-0.39, 0.29) is 0 Å². The van der Waals surface area contributed by atoms with Crippen molar-refractivity contribution in [3.63, 3.8) is 0 Å². The molecule has 4 heteroatoms. The molecule has 0 aliphatic carbocycles. The molecule has 2 aromatic heterocycles. The van der Waals surface area contributed by atoms with E-state index in [1.54, 1.807) is 0 Å². The van der Waals surface area contributed by atoms with Gasteiger partial charge < -0.3 is 5.32 Å². The van der Waals surface area contributed by atoms with E-state index in [1.807, 2.05) is 48.7 Å². The second-order valence-electron chi connectivity index (χ2n) is 4.56. The Morgan fingerprint density at radius 2 is 1.95 bits per heavy atom. The van der Waals surface area contributed by atoms with Crippen LogP contribution in [0.1, 0.15) is 12.5 Å². The molecule has 0 saturated carbocycles. The molecule has 3 nitrogen and oxygen atoms in total. The zero-order chi connectivity index (χ0) is 13.9. The van der Waals surface area contributed by atoms with Gasteiger partial charge in [0.15, 0.2) is 0 Å². The number of aryl methyl sites for hydroxylation is 1. The van der Waals surface area contributed by atoms with Gasteiger partial charge >= 0.3 is 0 Å². The summed E-state index contributed by atoms with van der Waals surface area (Å²) in [6.45, 7) is 2.12.